The van der Waals surface area contributed by atoms with E-state index in [0.29, 0.717) is 6.61 Å². The molecule has 88 valence electrons. The number of ether oxygens (including phenoxy) is 2. The molecule has 1 rings (SSSR count). The molecule has 0 saturated carbocycles. The van der Waals surface area contributed by atoms with Gasteiger partial charge in [-0.25, -0.2) is 4.31 Å². The molecule has 0 spiro atoms. The van der Waals surface area contributed by atoms with E-state index in [4.69, 9.17) is 9.47 Å². The van der Waals surface area contributed by atoms with Gasteiger partial charge in [-0.1, -0.05) is 11.9 Å². The van der Waals surface area contributed by atoms with Crippen LogP contribution in [-0.4, -0.2) is 47.9 Å². The standard InChI is InChI=1S/C10H19NO3S/c1-4-14-9(12)10(2,3)15-11-5-7-13-8-6-11/h4-8H2,1-3H3. The van der Waals surface area contributed by atoms with E-state index in [9.17, 15) is 4.79 Å². The Bertz CT molecular complexity index is 215. The Morgan fingerprint density at radius 3 is 2.60 bits per heavy atom. The van der Waals surface area contributed by atoms with Gasteiger partial charge in [0, 0.05) is 13.1 Å². The van der Waals surface area contributed by atoms with Crippen LogP contribution in [0.5, 0.6) is 0 Å². The average molecular weight is 233 g/mol. The maximum atomic E-state index is 11.6. The van der Waals surface area contributed by atoms with Crippen molar-refractivity contribution in [2.24, 2.45) is 0 Å². The van der Waals surface area contributed by atoms with E-state index in [0.717, 1.165) is 26.3 Å². The van der Waals surface area contributed by atoms with Crippen molar-refractivity contribution in [1.29, 1.82) is 0 Å². The van der Waals surface area contributed by atoms with Crippen LogP contribution in [0, 0.1) is 0 Å². The van der Waals surface area contributed by atoms with Crippen LogP contribution in [0.3, 0.4) is 0 Å². The van der Waals surface area contributed by atoms with Crippen molar-refractivity contribution in [3.05, 3.63) is 0 Å². The van der Waals surface area contributed by atoms with Crippen molar-refractivity contribution in [3.8, 4) is 0 Å². The Kier molecular flexibility index (Phi) is 4.89. The molecule has 0 unspecified atom stereocenters. The Balaban J connectivity index is 2.42. The molecule has 0 bridgehead atoms. The van der Waals surface area contributed by atoms with E-state index in [-0.39, 0.29) is 5.97 Å². The summed E-state index contributed by atoms with van der Waals surface area (Å²) in [6.07, 6.45) is 0. The lowest BCUT2D eigenvalue weighted by Gasteiger charge is -2.32. The maximum absolute atomic E-state index is 11.6. The van der Waals surface area contributed by atoms with E-state index < -0.39 is 4.75 Å². The van der Waals surface area contributed by atoms with Crippen LogP contribution in [0.1, 0.15) is 20.8 Å². The van der Waals surface area contributed by atoms with Gasteiger partial charge >= 0.3 is 5.97 Å². The van der Waals surface area contributed by atoms with Crippen molar-refractivity contribution in [2.45, 2.75) is 25.5 Å². The molecule has 4 nitrogen and oxygen atoms in total. The summed E-state index contributed by atoms with van der Waals surface area (Å²) in [7, 11) is 0. The first-order valence-electron chi connectivity index (χ1n) is 5.25. The number of carbonyl (C=O) groups excluding carboxylic acids is 1. The lowest BCUT2D eigenvalue weighted by Crippen LogP contribution is -2.39. The second-order valence-electron chi connectivity index (χ2n) is 3.86. The molecule has 0 aromatic rings. The summed E-state index contributed by atoms with van der Waals surface area (Å²) in [5.41, 5.74) is 0. The third-order valence-electron chi connectivity index (χ3n) is 2.09. The molecule has 1 fully saturated rings. The van der Waals surface area contributed by atoms with E-state index in [1.165, 1.54) is 0 Å². The fraction of sp³-hybridized carbons (Fsp3) is 0.900. The Morgan fingerprint density at radius 2 is 2.07 bits per heavy atom. The third kappa shape index (κ3) is 4.01. The van der Waals surface area contributed by atoms with E-state index in [1.54, 1.807) is 11.9 Å². The SMILES string of the molecule is CCOC(=O)C(C)(C)SN1CCOCC1. The van der Waals surface area contributed by atoms with Gasteiger partial charge in [0.05, 0.1) is 19.8 Å². The van der Waals surface area contributed by atoms with Crippen molar-refractivity contribution >= 4 is 17.9 Å². The van der Waals surface area contributed by atoms with E-state index in [1.807, 2.05) is 20.8 Å². The van der Waals surface area contributed by atoms with Gasteiger partial charge in [0.1, 0.15) is 4.75 Å². The number of nitrogens with zero attached hydrogens (tertiary/aromatic N) is 1. The molecule has 1 saturated heterocycles. The number of hydrogen-bond acceptors (Lipinski definition) is 5. The van der Waals surface area contributed by atoms with E-state index >= 15 is 0 Å². The smallest absolute Gasteiger partial charge is 0.322 e. The number of hydrogen-bond donors (Lipinski definition) is 0. The molecule has 0 N–H and O–H groups in total. The van der Waals surface area contributed by atoms with Gasteiger partial charge in [-0.2, -0.15) is 0 Å². The first-order chi connectivity index (χ1) is 7.06. The summed E-state index contributed by atoms with van der Waals surface area (Å²) in [6.45, 7) is 9.27. The predicted octanol–water partition coefficient (Wildman–Crippen LogP) is 1.31. The Hall–Kier alpha value is -0.260. The quantitative estimate of drug-likeness (QED) is 0.541. The summed E-state index contributed by atoms with van der Waals surface area (Å²) in [5, 5.41) is 0. The molecule has 5 heteroatoms. The first-order valence-corrected chi connectivity index (χ1v) is 6.02. The van der Waals surface area contributed by atoms with Gasteiger partial charge in [0.2, 0.25) is 0 Å². The van der Waals surface area contributed by atoms with Crippen molar-refractivity contribution < 1.29 is 14.3 Å². The van der Waals surface area contributed by atoms with Crippen molar-refractivity contribution in [3.63, 3.8) is 0 Å². The van der Waals surface area contributed by atoms with Gasteiger partial charge in [-0.3, -0.25) is 4.79 Å². The summed E-state index contributed by atoms with van der Waals surface area (Å²) in [5.74, 6) is -0.151. The highest BCUT2D eigenvalue weighted by molar-refractivity contribution is 7.99. The molecule has 15 heavy (non-hydrogen) atoms. The van der Waals surface area contributed by atoms with Gasteiger partial charge in [-0.05, 0) is 20.8 Å². The summed E-state index contributed by atoms with van der Waals surface area (Å²) >= 11 is 1.55. The molecule has 0 aromatic carbocycles. The molecular weight excluding hydrogens is 214 g/mol. The van der Waals surface area contributed by atoms with Gasteiger partial charge in [-0.15, -0.1) is 0 Å². The minimum Gasteiger partial charge on any atom is -0.465 e. The normalized spacial score (nSPS) is 18.9. The lowest BCUT2D eigenvalue weighted by molar-refractivity contribution is -0.145. The van der Waals surface area contributed by atoms with Crippen LogP contribution < -0.4 is 0 Å². The molecule has 0 amide bonds. The van der Waals surface area contributed by atoms with Gasteiger partial charge < -0.3 is 9.47 Å². The van der Waals surface area contributed by atoms with Crippen LogP contribution in [0.4, 0.5) is 0 Å². The van der Waals surface area contributed by atoms with Crippen molar-refractivity contribution in [2.75, 3.05) is 32.9 Å². The zero-order valence-electron chi connectivity index (χ0n) is 9.62. The first kappa shape index (κ1) is 12.8. The molecular formula is C10H19NO3S. The number of morpholine rings is 1. The molecule has 0 radical (unpaired) electrons. The van der Waals surface area contributed by atoms with Crippen molar-refractivity contribution in [1.82, 2.24) is 4.31 Å². The van der Waals surface area contributed by atoms with Crippen LogP contribution in [0.15, 0.2) is 0 Å². The Labute approximate surface area is 95.4 Å². The molecule has 0 aliphatic carbocycles. The molecule has 1 heterocycles. The highest BCUT2D eigenvalue weighted by Gasteiger charge is 2.33. The summed E-state index contributed by atoms with van der Waals surface area (Å²) in [4.78, 5) is 11.6. The van der Waals surface area contributed by atoms with Crippen LogP contribution in [0.25, 0.3) is 0 Å². The summed E-state index contributed by atoms with van der Waals surface area (Å²) < 4.78 is 11.9. The van der Waals surface area contributed by atoms with E-state index in [2.05, 4.69) is 4.31 Å². The maximum Gasteiger partial charge on any atom is 0.322 e. The average Bonchev–Trinajstić information content (AvgIpc) is 2.19. The third-order valence-corrected chi connectivity index (χ3v) is 3.34. The molecule has 0 atom stereocenters. The monoisotopic (exact) mass is 233 g/mol. The zero-order chi connectivity index (χ0) is 11.3. The molecule has 1 aliphatic rings. The topological polar surface area (TPSA) is 38.8 Å². The predicted molar refractivity (Wildman–Crippen MR) is 60.7 cm³/mol. The van der Waals surface area contributed by atoms with Crippen LogP contribution >= 0.6 is 11.9 Å². The van der Waals surface area contributed by atoms with Crippen LogP contribution in [0.2, 0.25) is 0 Å². The van der Waals surface area contributed by atoms with Gasteiger partial charge in [0.25, 0.3) is 0 Å². The zero-order valence-corrected chi connectivity index (χ0v) is 10.4. The second-order valence-corrected chi connectivity index (χ2v) is 5.58. The minimum absolute atomic E-state index is 0.151. The number of esters is 1. The second kappa shape index (κ2) is 5.72. The lowest BCUT2D eigenvalue weighted by atomic mass is 10.2. The largest absolute Gasteiger partial charge is 0.465 e. The highest BCUT2D eigenvalue weighted by atomic mass is 32.2. The Morgan fingerprint density at radius 1 is 1.47 bits per heavy atom. The fourth-order valence-electron chi connectivity index (χ4n) is 1.30. The van der Waals surface area contributed by atoms with Gasteiger partial charge in [0.15, 0.2) is 0 Å². The highest BCUT2D eigenvalue weighted by Crippen LogP contribution is 2.29. The summed E-state index contributed by atoms with van der Waals surface area (Å²) in [6, 6.07) is 0. The minimum atomic E-state index is -0.507. The number of rotatable bonds is 4. The number of carbonyl (C=O) groups is 1. The molecule has 1 aliphatic heterocycles. The van der Waals surface area contributed by atoms with Crippen LogP contribution in [-0.2, 0) is 14.3 Å². The molecule has 0 aromatic heterocycles. The fourth-order valence-corrected chi connectivity index (χ4v) is 2.41.